The van der Waals surface area contributed by atoms with Gasteiger partial charge in [0.25, 0.3) is 0 Å². The maximum Gasteiger partial charge on any atom is 0.250 e. The molecule has 2 aliphatic heterocycles. The number of aryl methyl sites for hydroxylation is 1. The first-order valence-corrected chi connectivity index (χ1v) is 9.07. The third-order valence-electron chi connectivity index (χ3n) is 5.51. The molecule has 1 N–H and O–H groups in total. The van der Waals surface area contributed by atoms with Crippen LogP contribution in [0.5, 0.6) is 0 Å². The molecule has 0 aliphatic carbocycles. The molecule has 4 rings (SSSR count). The highest BCUT2D eigenvalue weighted by atomic mass is 16.2. The highest BCUT2D eigenvalue weighted by Gasteiger charge is 2.52. The SMILES string of the molecule is Cc1ccc(CN2CN(c3ccccc3)C3(CCNCC3)C2=O)cc1. The van der Waals surface area contributed by atoms with Crippen molar-refractivity contribution >= 4 is 11.6 Å². The fraction of sp³-hybridized carbons (Fsp3) is 0.381. The van der Waals surface area contributed by atoms with E-state index in [4.69, 9.17) is 0 Å². The van der Waals surface area contributed by atoms with Gasteiger partial charge in [-0.3, -0.25) is 4.79 Å². The number of hydrogen-bond donors (Lipinski definition) is 1. The van der Waals surface area contributed by atoms with Crippen LogP contribution in [0.25, 0.3) is 0 Å². The molecule has 4 heteroatoms. The number of anilines is 1. The summed E-state index contributed by atoms with van der Waals surface area (Å²) in [5.41, 5.74) is 3.19. The molecule has 2 heterocycles. The molecule has 1 amide bonds. The van der Waals surface area contributed by atoms with E-state index in [1.807, 2.05) is 11.0 Å². The first-order valence-electron chi connectivity index (χ1n) is 9.07. The van der Waals surface area contributed by atoms with Crippen molar-refractivity contribution in [3.63, 3.8) is 0 Å². The van der Waals surface area contributed by atoms with Crippen LogP contribution in [0, 0.1) is 6.92 Å². The van der Waals surface area contributed by atoms with Crippen molar-refractivity contribution in [2.75, 3.05) is 24.7 Å². The molecule has 2 saturated heterocycles. The van der Waals surface area contributed by atoms with E-state index in [-0.39, 0.29) is 5.91 Å². The third kappa shape index (κ3) is 2.91. The van der Waals surface area contributed by atoms with E-state index in [2.05, 4.69) is 65.7 Å². The number of rotatable bonds is 3. The summed E-state index contributed by atoms with van der Waals surface area (Å²) in [6, 6.07) is 18.9. The Morgan fingerprint density at radius 3 is 2.36 bits per heavy atom. The summed E-state index contributed by atoms with van der Waals surface area (Å²) in [4.78, 5) is 17.7. The molecule has 0 radical (unpaired) electrons. The van der Waals surface area contributed by atoms with Gasteiger partial charge < -0.3 is 15.1 Å². The second-order valence-corrected chi connectivity index (χ2v) is 7.18. The van der Waals surface area contributed by atoms with Crippen molar-refractivity contribution in [2.45, 2.75) is 31.8 Å². The number of benzene rings is 2. The van der Waals surface area contributed by atoms with Crippen molar-refractivity contribution in [3.8, 4) is 0 Å². The maximum atomic E-state index is 13.4. The van der Waals surface area contributed by atoms with Crippen LogP contribution in [-0.4, -0.2) is 36.1 Å². The molecule has 130 valence electrons. The fourth-order valence-corrected chi connectivity index (χ4v) is 4.08. The molecular formula is C21H25N3O. The molecular weight excluding hydrogens is 310 g/mol. The molecule has 2 aromatic rings. The number of hydrogen-bond acceptors (Lipinski definition) is 3. The van der Waals surface area contributed by atoms with Gasteiger partial charge in [-0.05, 0) is 50.6 Å². The molecule has 2 aliphatic rings. The van der Waals surface area contributed by atoms with Gasteiger partial charge in [0.15, 0.2) is 0 Å². The van der Waals surface area contributed by atoms with Gasteiger partial charge in [-0.2, -0.15) is 0 Å². The van der Waals surface area contributed by atoms with Crippen LogP contribution in [-0.2, 0) is 11.3 Å². The molecule has 4 nitrogen and oxygen atoms in total. The van der Waals surface area contributed by atoms with E-state index in [1.54, 1.807) is 0 Å². The van der Waals surface area contributed by atoms with Crippen molar-refractivity contribution in [1.29, 1.82) is 0 Å². The topological polar surface area (TPSA) is 35.6 Å². The largest absolute Gasteiger partial charge is 0.339 e. The molecule has 0 unspecified atom stereocenters. The predicted octanol–water partition coefficient (Wildman–Crippen LogP) is 2.92. The van der Waals surface area contributed by atoms with E-state index in [1.165, 1.54) is 11.1 Å². The van der Waals surface area contributed by atoms with Crippen LogP contribution < -0.4 is 10.2 Å². The first-order chi connectivity index (χ1) is 12.2. The average Bonchev–Trinajstić information content (AvgIpc) is 2.91. The zero-order chi connectivity index (χ0) is 17.3. The second kappa shape index (κ2) is 6.52. The van der Waals surface area contributed by atoms with Crippen molar-refractivity contribution < 1.29 is 4.79 Å². The van der Waals surface area contributed by atoms with Crippen LogP contribution in [0.2, 0.25) is 0 Å². The molecule has 1 spiro atoms. The Hall–Kier alpha value is -2.33. The quantitative estimate of drug-likeness (QED) is 0.937. The predicted molar refractivity (Wildman–Crippen MR) is 100 cm³/mol. The number of nitrogens with zero attached hydrogens (tertiary/aromatic N) is 2. The zero-order valence-electron chi connectivity index (χ0n) is 14.7. The Morgan fingerprint density at radius 2 is 1.68 bits per heavy atom. The standard InChI is InChI=1S/C21H25N3O/c1-17-7-9-18(10-8-17)15-23-16-24(19-5-3-2-4-6-19)21(20(23)25)11-13-22-14-12-21/h2-10,22H,11-16H2,1H3. The number of piperidine rings is 1. The van der Waals surface area contributed by atoms with E-state index >= 15 is 0 Å². The van der Waals surface area contributed by atoms with Gasteiger partial charge in [0, 0.05) is 12.2 Å². The van der Waals surface area contributed by atoms with Crippen molar-refractivity contribution in [2.24, 2.45) is 0 Å². The lowest BCUT2D eigenvalue weighted by Gasteiger charge is -2.40. The Morgan fingerprint density at radius 1 is 1.00 bits per heavy atom. The van der Waals surface area contributed by atoms with Crippen LogP contribution >= 0.6 is 0 Å². The highest BCUT2D eigenvalue weighted by Crippen LogP contribution is 2.38. The van der Waals surface area contributed by atoms with E-state index in [0.717, 1.165) is 31.6 Å². The van der Waals surface area contributed by atoms with E-state index < -0.39 is 5.54 Å². The molecule has 0 atom stereocenters. The number of para-hydroxylation sites is 1. The minimum absolute atomic E-state index is 0.276. The maximum absolute atomic E-state index is 13.4. The molecule has 2 fully saturated rings. The summed E-state index contributed by atoms with van der Waals surface area (Å²) in [5, 5.41) is 3.40. The highest BCUT2D eigenvalue weighted by molar-refractivity contribution is 5.93. The number of carbonyl (C=O) groups is 1. The van der Waals surface area contributed by atoms with Gasteiger partial charge >= 0.3 is 0 Å². The van der Waals surface area contributed by atoms with Gasteiger partial charge in [-0.25, -0.2) is 0 Å². The summed E-state index contributed by atoms with van der Waals surface area (Å²) in [7, 11) is 0. The lowest BCUT2D eigenvalue weighted by Crippen LogP contribution is -2.55. The van der Waals surface area contributed by atoms with Crippen molar-refractivity contribution in [3.05, 3.63) is 65.7 Å². The molecule has 2 aromatic carbocycles. The monoisotopic (exact) mass is 335 g/mol. The molecule has 0 bridgehead atoms. The zero-order valence-corrected chi connectivity index (χ0v) is 14.7. The van der Waals surface area contributed by atoms with Gasteiger partial charge in [0.2, 0.25) is 5.91 Å². The third-order valence-corrected chi connectivity index (χ3v) is 5.51. The van der Waals surface area contributed by atoms with Gasteiger partial charge in [0.05, 0.1) is 6.67 Å². The van der Waals surface area contributed by atoms with Gasteiger partial charge in [-0.1, -0.05) is 48.0 Å². The number of nitrogens with one attached hydrogen (secondary N) is 1. The number of amides is 1. The summed E-state index contributed by atoms with van der Waals surface area (Å²) in [6.45, 7) is 5.22. The van der Waals surface area contributed by atoms with Crippen molar-refractivity contribution in [1.82, 2.24) is 10.2 Å². The van der Waals surface area contributed by atoms with Crippen LogP contribution in [0.1, 0.15) is 24.0 Å². The van der Waals surface area contributed by atoms with Gasteiger partial charge in [-0.15, -0.1) is 0 Å². The number of carbonyl (C=O) groups excluding carboxylic acids is 1. The minimum atomic E-state index is -0.392. The molecule has 0 aromatic heterocycles. The smallest absolute Gasteiger partial charge is 0.250 e. The summed E-state index contributed by atoms with van der Waals surface area (Å²) in [6.07, 6.45) is 1.73. The molecule has 0 saturated carbocycles. The minimum Gasteiger partial charge on any atom is -0.339 e. The van der Waals surface area contributed by atoms with Crippen LogP contribution in [0.3, 0.4) is 0 Å². The Kier molecular flexibility index (Phi) is 4.22. The summed E-state index contributed by atoms with van der Waals surface area (Å²) < 4.78 is 0. The van der Waals surface area contributed by atoms with Gasteiger partial charge in [0.1, 0.15) is 5.54 Å². The Balaban J connectivity index is 1.64. The lowest BCUT2D eigenvalue weighted by molar-refractivity contribution is -0.133. The average molecular weight is 335 g/mol. The summed E-state index contributed by atoms with van der Waals surface area (Å²) >= 11 is 0. The van der Waals surface area contributed by atoms with E-state index in [0.29, 0.717) is 13.2 Å². The summed E-state index contributed by atoms with van der Waals surface area (Å²) in [5.74, 6) is 0.276. The normalized spacial score (nSPS) is 19.6. The first kappa shape index (κ1) is 16.2. The fourth-order valence-electron chi connectivity index (χ4n) is 4.08. The molecule has 25 heavy (non-hydrogen) atoms. The van der Waals surface area contributed by atoms with E-state index in [9.17, 15) is 4.79 Å². The Labute approximate surface area is 149 Å². The van der Waals surface area contributed by atoms with Crippen LogP contribution in [0.15, 0.2) is 54.6 Å². The Bertz CT molecular complexity index is 735. The van der Waals surface area contributed by atoms with Crippen LogP contribution in [0.4, 0.5) is 5.69 Å². The second-order valence-electron chi connectivity index (χ2n) is 7.18. The lowest BCUT2D eigenvalue weighted by atomic mass is 9.86.